The highest BCUT2D eigenvalue weighted by atomic mass is 16.5. The number of esters is 1. The van der Waals surface area contributed by atoms with Crippen LogP contribution in [0.3, 0.4) is 0 Å². The van der Waals surface area contributed by atoms with Gasteiger partial charge in [0.2, 0.25) is 0 Å². The Kier molecular flexibility index (Phi) is 5.20. The molecule has 0 radical (unpaired) electrons. The maximum Gasteiger partial charge on any atom is 0.306 e. The van der Waals surface area contributed by atoms with Crippen LogP contribution < -0.4 is 0 Å². The lowest BCUT2D eigenvalue weighted by Crippen LogP contribution is -2.57. The third-order valence-corrected chi connectivity index (χ3v) is 10.4. The quantitative estimate of drug-likeness (QED) is 0.258. The smallest absolute Gasteiger partial charge is 0.306 e. The standard InChI is InChI=1S/C36H34O2/c1-3-35(29-18-8-4-14-25(29)26-15-5-9-19-30(26)35)34(22-12-13-23-34)36(24-33(37)38-2)31-20-10-6-16-27(31)28-17-7-11-21-32(28)36/h4-11,14-21H,3,12-13,22-24H2,1-2H3. The molecule has 0 aliphatic heterocycles. The number of fused-ring (bicyclic) bond motifs is 6. The van der Waals surface area contributed by atoms with Crippen LogP contribution in [0.4, 0.5) is 0 Å². The zero-order valence-corrected chi connectivity index (χ0v) is 22.3. The van der Waals surface area contributed by atoms with E-state index in [2.05, 4.69) is 104 Å². The molecule has 7 rings (SSSR count). The molecule has 0 amide bonds. The Morgan fingerprint density at radius 2 is 1.00 bits per heavy atom. The van der Waals surface area contributed by atoms with Crippen molar-refractivity contribution in [3.8, 4) is 22.3 Å². The van der Waals surface area contributed by atoms with Gasteiger partial charge < -0.3 is 4.74 Å². The van der Waals surface area contributed by atoms with Crippen molar-refractivity contribution >= 4 is 5.97 Å². The number of hydrogen-bond donors (Lipinski definition) is 0. The first-order valence-corrected chi connectivity index (χ1v) is 14.1. The fourth-order valence-corrected chi connectivity index (χ4v) is 9.25. The van der Waals surface area contributed by atoms with Crippen LogP contribution in [-0.4, -0.2) is 13.1 Å². The normalized spacial score (nSPS) is 18.8. The van der Waals surface area contributed by atoms with Gasteiger partial charge in [0.25, 0.3) is 0 Å². The van der Waals surface area contributed by atoms with Gasteiger partial charge in [0.15, 0.2) is 0 Å². The molecule has 1 fully saturated rings. The highest BCUT2D eigenvalue weighted by Crippen LogP contribution is 2.74. The van der Waals surface area contributed by atoms with E-state index in [1.54, 1.807) is 7.11 Å². The predicted octanol–water partition coefficient (Wildman–Crippen LogP) is 8.45. The SMILES string of the molecule is CCC1(C2(C3(CC(=O)OC)c4ccccc4-c4ccccc43)CCCC2)c2ccccc2-c2ccccc21. The Morgan fingerprint density at radius 1 is 0.632 bits per heavy atom. The number of rotatable bonds is 5. The summed E-state index contributed by atoms with van der Waals surface area (Å²) in [6.45, 7) is 2.37. The summed E-state index contributed by atoms with van der Waals surface area (Å²) in [5.74, 6) is -0.131. The molecular weight excluding hydrogens is 464 g/mol. The molecule has 2 heteroatoms. The minimum absolute atomic E-state index is 0.131. The summed E-state index contributed by atoms with van der Waals surface area (Å²) in [5, 5.41) is 0. The van der Waals surface area contributed by atoms with Crippen LogP contribution >= 0.6 is 0 Å². The molecule has 0 spiro atoms. The van der Waals surface area contributed by atoms with Crippen LogP contribution in [0.1, 0.15) is 67.7 Å². The predicted molar refractivity (Wildman–Crippen MR) is 153 cm³/mol. The Labute approximate surface area is 225 Å². The van der Waals surface area contributed by atoms with E-state index in [1.807, 2.05) is 0 Å². The third-order valence-electron chi connectivity index (χ3n) is 10.4. The van der Waals surface area contributed by atoms with Gasteiger partial charge in [-0.2, -0.15) is 0 Å². The van der Waals surface area contributed by atoms with Gasteiger partial charge in [0, 0.05) is 10.8 Å². The van der Waals surface area contributed by atoms with Crippen molar-refractivity contribution in [1.82, 2.24) is 0 Å². The van der Waals surface area contributed by atoms with Crippen LogP contribution in [0, 0.1) is 5.41 Å². The topological polar surface area (TPSA) is 26.3 Å². The maximum absolute atomic E-state index is 13.6. The molecule has 4 aromatic rings. The van der Waals surface area contributed by atoms with E-state index in [4.69, 9.17) is 4.74 Å². The van der Waals surface area contributed by atoms with Gasteiger partial charge in [-0.1, -0.05) is 117 Å². The largest absolute Gasteiger partial charge is 0.469 e. The average Bonchev–Trinajstić information content (AvgIpc) is 3.66. The molecule has 0 heterocycles. The van der Waals surface area contributed by atoms with Gasteiger partial charge in [0.1, 0.15) is 0 Å². The Balaban J connectivity index is 1.66. The minimum atomic E-state index is -0.496. The molecule has 3 aliphatic rings. The summed E-state index contributed by atoms with van der Waals surface area (Å²) < 4.78 is 5.50. The fourth-order valence-electron chi connectivity index (χ4n) is 9.25. The van der Waals surface area contributed by atoms with Crippen molar-refractivity contribution in [1.29, 1.82) is 0 Å². The molecule has 0 unspecified atom stereocenters. The van der Waals surface area contributed by atoms with Gasteiger partial charge in [0.05, 0.1) is 13.5 Å². The molecule has 0 aromatic heterocycles. The van der Waals surface area contributed by atoms with E-state index < -0.39 is 5.41 Å². The molecule has 2 nitrogen and oxygen atoms in total. The van der Waals surface area contributed by atoms with E-state index in [0.29, 0.717) is 6.42 Å². The second kappa shape index (κ2) is 8.43. The van der Waals surface area contributed by atoms with Crippen molar-refractivity contribution in [2.24, 2.45) is 5.41 Å². The van der Waals surface area contributed by atoms with Gasteiger partial charge in [-0.25, -0.2) is 0 Å². The molecule has 1 saturated carbocycles. The monoisotopic (exact) mass is 498 g/mol. The van der Waals surface area contributed by atoms with Gasteiger partial charge in [-0.15, -0.1) is 0 Å². The van der Waals surface area contributed by atoms with Gasteiger partial charge >= 0.3 is 5.97 Å². The first-order chi connectivity index (χ1) is 18.6. The van der Waals surface area contributed by atoms with Crippen molar-refractivity contribution in [3.05, 3.63) is 119 Å². The van der Waals surface area contributed by atoms with E-state index in [1.165, 1.54) is 57.3 Å². The Hall–Kier alpha value is -3.65. The second-order valence-corrected chi connectivity index (χ2v) is 11.4. The van der Waals surface area contributed by atoms with Crippen molar-refractivity contribution in [3.63, 3.8) is 0 Å². The summed E-state index contributed by atoms with van der Waals surface area (Å²) in [4.78, 5) is 13.6. The summed E-state index contributed by atoms with van der Waals surface area (Å²) in [7, 11) is 1.54. The molecule has 4 aromatic carbocycles. The van der Waals surface area contributed by atoms with Crippen LogP contribution in [0.25, 0.3) is 22.3 Å². The van der Waals surface area contributed by atoms with Crippen molar-refractivity contribution in [2.75, 3.05) is 7.11 Å². The van der Waals surface area contributed by atoms with Crippen LogP contribution in [-0.2, 0) is 20.4 Å². The number of carbonyl (C=O) groups is 1. The molecule has 190 valence electrons. The molecule has 3 aliphatic carbocycles. The molecule has 0 atom stereocenters. The molecule has 38 heavy (non-hydrogen) atoms. The molecular formula is C36H34O2. The molecule has 0 saturated heterocycles. The van der Waals surface area contributed by atoms with Crippen LogP contribution in [0.5, 0.6) is 0 Å². The number of benzene rings is 4. The van der Waals surface area contributed by atoms with E-state index in [-0.39, 0.29) is 16.8 Å². The number of methoxy groups -OCH3 is 1. The fraction of sp³-hybridized carbons (Fsp3) is 0.306. The zero-order valence-electron chi connectivity index (χ0n) is 22.3. The van der Waals surface area contributed by atoms with Crippen molar-refractivity contribution < 1.29 is 9.53 Å². The zero-order chi connectivity index (χ0) is 26.0. The average molecular weight is 499 g/mol. The lowest BCUT2D eigenvalue weighted by molar-refractivity contribution is -0.143. The van der Waals surface area contributed by atoms with Crippen LogP contribution in [0.15, 0.2) is 97.1 Å². The second-order valence-electron chi connectivity index (χ2n) is 11.4. The third kappa shape index (κ3) is 2.66. The first-order valence-electron chi connectivity index (χ1n) is 14.1. The van der Waals surface area contributed by atoms with Crippen LogP contribution in [0.2, 0.25) is 0 Å². The van der Waals surface area contributed by atoms with Gasteiger partial charge in [-0.05, 0) is 69.2 Å². The number of carbonyl (C=O) groups excluding carboxylic acids is 1. The van der Waals surface area contributed by atoms with E-state index in [9.17, 15) is 4.79 Å². The highest BCUT2D eigenvalue weighted by molar-refractivity contribution is 5.88. The lowest BCUT2D eigenvalue weighted by atomic mass is 9.43. The van der Waals surface area contributed by atoms with E-state index in [0.717, 1.165) is 19.3 Å². The highest BCUT2D eigenvalue weighted by Gasteiger charge is 2.69. The Morgan fingerprint density at radius 3 is 1.37 bits per heavy atom. The minimum Gasteiger partial charge on any atom is -0.469 e. The Bertz CT molecular complexity index is 1460. The lowest BCUT2D eigenvalue weighted by Gasteiger charge is -2.58. The summed E-state index contributed by atoms with van der Waals surface area (Å²) in [5.41, 5.74) is 9.76. The molecule has 0 N–H and O–H groups in total. The first kappa shape index (κ1) is 23.5. The maximum atomic E-state index is 13.6. The molecule has 0 bridgehead atoms. The van der Waals surface area contributed by atoms with E-state index >= 15 is 0 Å². The summed E-state index contributed by atoms with van der Waals surface area (Å²) >= 11 is 0. The number of hydrogen-bond acceptors (Lipinski definition) is 2. The summed E-state index contributed by atoms with van der Waals surface area (Å²) in [6, 6.07) is 35.8. The van der Waals surface area contributed by atoms with Gasteiger partial charge in [-0.3, -0.25) is 4.79 Å². The summed E-state index contributed by atoms with van der Waals surface area (Å²) in [6.07, 6.45) is 5.81. The number of ether oxygens (including phenoxy) is 1. The van der Waals surface area contributed by atoms with Crippen molar-refractivity contribution in [2.45, 2.75) is 56.3 Å².